The van der Waals surface area contributed by atoms with Crippen molar-refractivity contribution in [2.24, 2.45) is 0 Å². The fourth-order valence-corrected chi connectivity index (χ4v) is 3.09. The normalized spacial score (nSPS) is 13.0. The maximum absolute atomic E-state index is 6.37. The van der Waals surface area contributed by atoms with Gasteiger partial charge in [0.25, 0.3) is 0 Å². The van der Waals surface area contributed by atoms with Crippen molar-refractivity contribution in [2.75, 3.05) is 20.6 Å². The first-order valence-electron chi connectivity index (χ1n) is 9.51. The Balaban J connectivity index is 0. The zero-order chi connectivity index (χ0) is 16.0. The highest BCUT2D eigenvalue weighted by Gasteiger charge is 2.23. The predicted octanol–water partition coefficient (Wildman–Crippen LogP) is 3.74. The van der Waals surface area contributed by atoms with Gasteiger partial charge in [-0.25, -0.2) is 0 Å². The van der Waals surface area contributed by atoms with Crippen LogP contribution in [0, 0.1) is 0 Å². The van der Waals surface area contributed by atoms with Crippen molar-refractivity contribution in [3.63, 3.8) is 0 Å². The highest BCUT2D eigenvalue weighted by atomic mass is 35.5. The second-order valence-corrected chi connectivity index (χ2v) is 7.74. The van der Waals surface area contributed by atoms with Crippen molar-refractivity contribution in [3.05, 3.63) is 0 Å². The lowest BCUT2D eigenvalue weighted by Crippen LogP contribution is -3.00. The average Bonchev–Trinajstić information content (AvgIpc) is 2.47. The highest BCUT2D eigenvalue weighted by Crippen LogP contribution is 2.17. The fourth-order valence-electron chi connectivity index (χ4n) is 2.99. The molecule has 0 N–H and O–H groups in total. The van der Waals surface area contributed by atoms with E-state index in [1.807, 2.05) is 0 Å². The fraction of sp³-hybridized carbons (Fsp3) is 1.00. The summed E-state index contributed by atoms with van der Waals surface area (Å²) in [5, 5.41) is 0. The van der Waals surface area contributed by atoms with E-state index in [1.54, 1.807) is 0 Å². The third kappa shape index (κ3) is 14.2. The molecule has 0 rings (SSSR count). The number of hydrogen-bond donors (Lipinski definition) is 0. The Morgan fingerprint density at radius 2 is 1.05 bits per heavy atom. The summed E-state index contributed by atoms with van der Waals surface area (Å²) in [6, 6.07) is 0. The molecule has 0 heterocycles. The molecular weight excluding hydrogens is 313 g/mol. The number of unbranched alkanes of at least 4 members (excludes halogenated alkanes) is 11. The first kappa shape index (κ1) is 24.8. The summed E-state index contributed by atoms with van der Waals surface area (Å²) in [5.41, 5.74) is 0.276. The molecule has 0 fully saturated rings. The van der Waals surface area contributed by atoms with Crippen molar-refractivity contribution in [2.45, 2.75) is 103 Å². The molecule has 1 unspecified atom stereocenters. The zero-order valence-electron chi connectivity index (χ0n) is 15.7. The maximum atomic E-state index is 6.37. The maximum Gasteiger partial charge on any atom is 0.164 e. The Bertz CT molecular complexity index is 219. The molecule has 0 aromatic heterocycles. The largest absolute Gasteiger partial charge is 1.00 e. The number of rotatable bonds is 15. The van der Waals surface area contributed by atoms with Gasteiger partial charge in [-0.2, -0.15) is 0 Å². The van der Waals surface area contributed by atoms with E-state index in [2.05, 4.69) is 27.9 Å². The van der Waals surface area contributed by atoms with E-state index in [-0.39, 0.29) is 17.9 Å². The van der Waals surface area contributed by atoms with Gasteiger partial charge in [0.1, 0.15) is 0 Å². The summed E-state index contributed by atoms with van der Waals surface area (Å²) >= 11 is 6.37. The molecule has 22 heavy (non-hydrogen) atoms. The Morgan fingerprint density at radius 3 is 1.41 bits per heavy atom. The van der Waals surface area contributed by atoms with Crippen LogP contribution in [0.1, 0.15) is 97.3 Å². The third-order valence-corrected chi connectivity index (χ3v) is 5.52. The lowest BCUT2D eigenvalue weighted by Gasteiger charge is -2.34. The Hall–Kier alpha value is 0.540. The van der Waals surface area contributed by atoms with Crippen LogP contribution in [0.4, 0.5) is 0 Å². The van der Waals surface area contributed by atoms with Crippen LogP contribution in [-0.2, 0) is 0 Å². The van der Waals surface area contributed by atoms with Gasteiger partial charge in [-0.1, -0.05) is 89.7 Å². The van der Waals surface area contributed by atoms with E-state index in [9.17, 15) is 0 Å². The Morgan fingerprint density at radius 1 is 0.682 bits per heavy atom. The lowest BCUT2D eigenvalue weighted by atomic mass is 10.1. The molecule has 0 saturated carbocycles. The van der Waals surface area contributed by atoms with Gasteiger partial charge < -0.3 is 16.9 Å². The van der Waals surface area contributed by atoms with Crippen molar-refractivity contribution >= 4 is 11.6 Å². The van der Waals surface area contributed by atoms with Gasteiger partial charge in [-0.15, -0.1) is 0 Å². The molecule has 1 atom stereocenters. The van der Waals surface area contributed by atoms with Crippen molar-refractivity contribution < 1.29 is 16.9 Å². The Labute approximate surface area is 152 Å². The summed E-state index contributed by atoms with van der Waals surface area (Å²) in [6.45, 7) is 5.69. The smallest absolute Gasteiger partial charge is 0.164 e. The van der Waals surface area contributed by atoms with E-state index < -0.39 is 0 Å². The van der Waals surface area contributed by atoms with Gasteiger partial charge in [0.2, 0.25) is 0 Å². The van der Waals surface area contributed by atoms with Crippen LogP contribution >= 0.6 is 11.6 Å². The molecular formula is C19H41Cl2N. The van der Waals surface area contributed by atoms with Gasteiger partial charge in [-0.3, -0.25) is 0 Å². The van der Waals surface area contributed by atoms with Crippen molar-refractivity contribution in [1.29, 1.82) is 0 Å². The second-order valence-electron chi connectivity index (χ2n) is 7.23. The van der Waals surface area contributed by atoms with Crippen LogP contribution in [0.5, 0.6) is 0 Å². The highest BCUT2D eigenvalue weighted by molar-refractivity contribution is 6.19. The minimum Gasteiger partial charge on any atom is -1.00 e. The molecule has 0 aliphatic carbocycles. The van der Waals surface area contributed by atoms with Crippen LogP contribution in [0.25, 0.3) is 0 Å². The molecule has 1 nitrogen and oxygen atoms in total. The van der Waals surface area contributed by atoms with Gasteiger partial charge in [0.15, 0.2) is 5.50 Å². The van der Waals surface area contributed by atoms with E-state index in [0.29, 0.717) is 0 Å². The first-order valence-corrected chi connectivity index (χ1v) is 9.95. The monoisotopic (exact) mass is 353 g/mol. The van der Waals surface area contributed by atoms with E-state index in [4.69, 9.17) is 11.6 Å². The molecule has 0 spiro atoms. The average molecular weight is 354 g/mol. The molecule has 0 aromatic rings. The summed E-state index contributed by atoms with van der Waals surface area (Å²) < 4.78 is 0.968. The number of alkyl halides is 1. The quantitative estimate of drug-likeness (QED) is 0.182. The molecule has 0 aromatic carbocycles. The number of hydrogen-bond acceptors (Lipinski definition) is 0. The second kappa shape index (κ2) is 16.4. The molecule has 0 aliphatic rings. The number of halogens is 2. The standard InChI is InChI=1S/C19H41ClN.ClH/c1-5-7-8-9-10-11-12-13-14-15-16-17-18-21(3,4)19(20)6-2;/h19H,5-18H2,1-4H3;1H/q+1;/p-1. The minimum absolute atomic E-state index is 0. The van der Waals surface area contributed by atoms with E-state index >= 15 is 0 Å². The predicted molar refractivity (Wildman–Crippen MR) is 98.0 cm³/mol. The topological polar surface area (TPSA) is 0 Å². The SMILES string of the molecule is CCCCCCCCCCCCCC[N+](C)(C)C(Cl)CC.[Cl-]. The summed E-state index contributed by atoms with van der Waals surface area (Å²) in [5.74, 6) is 0. The Kier molecular flexibility index (Phi) is 18.5. The molecule has 3 heteroatoms. The number of nitrogens with zero attached hydrogens (tertiary/aromatic N) is 1. The minimum atomic E-state index is 0. The first-order chi connectivity index (χ1) is 10.0. The van der Waals surface area contributed by atoms with Crippen LogP contribution in [0.3, 0.4) is 0 Å². The van der Waals surface area contributed by atoms with Gasteiger partial charge in [-0.05, 0) is 12.8 Å². The van der Waals surface area contributed by atoms with Crippen molar-refractivity contribution in [3.8, 4) is 0 Å². The molecule has 0 saturated heterocycles. The molecule has 136 valence electrons. The van der Waals surface area contributed by atoms with E-state index in [0.717, 1.165) is 10.9 Å². The van der Waals surface area contributed by atoms with Gasteiger partial charge in [0, 0.05) is 6.42 Å². The molecule has 0 bridgehead atoms. The third-order valence-electron chi connectivity index (χ3n) is 4.68. The summed E-state index contributed by atoms with van der Waals surface area (Å²) in [7, 11) is 4.53. The number of quaternary nitrogens is 1. The molecule has 0 radical (unpaired) electrons. The van der Waals surface area contributed by atoms with Crippen LogP contribution < -0.4 is 12.4 Å². The zero-order valence-corrected chi connectivity index (χ0v) is 17.2. The van der Waals surface area contributed by atoms with Gasteiger partial charge >= 0.3 is 0 Å². The summed E-state index contributed by atoms with van der Waals surface area (Å²) in [4.78, 5) is 0. The van der Waals surface area contributed by atoms with Crippen LogP contribution in [0.15, 0.2) is 0 Å². The lowest BCUT2D eigenvalue weighted by molar-refractivity contribution is -0.902. The molecule has 0 amide bonds. The molecule has 0 aliphatic heterocycles. The van der Waals surface area contributed by atoms with Crippen LogP contribution in [-0.4, -0.2) is 30.6 Å². The van der Waals surface area contributed by atoms with Crippen LogP contribution in [0.2, 0.25) is 0 Å². The van der Waals surface area contributed by atoms with E-state index in [1.165, 1.54) is 83.6 Å². The van der Waals surface area contributed by atoms with Crippen molar-refractivity contribution in [1.82, 2.24) is 0 Å². The van der Waals surface area contributed by atoms with Gasteiger partial charge in [0.05, 0.1) is 20.6 Å². The summed E-state index contributed by atoms with van der Waals surface area (Å²) in [6.07, 6.45) is 18.1.